The molecular formula is C13H20N2O4S. The van der Waals surface area contributed by atoms with E-state index in [1.165, 1.54) is 25.5 Å². The molecule has 0 atom stereocenters. The standard InChI is InChI=1S/C13H20N2O4S/c1-14(2)20(17,18)12-7-5-11(6-8-12)15(3)10-9-13(16)19-4/h5-8H,9-10H2,1-4H3. The number of carbonyl (C=O) groups excluding carboxylic acids is 1. The van der Waals surface area contributed by atoms with Gasteiger partial charge in [0, 0.05) is 33.4 Å². The van der Waals surface area contributed by atoms with E-state index in [-0.39, 0.29) is 17.3 Å². The van der Waals surface area contributed by atoms with E-state index in [2.05, 4.69) is 4.74 Å². The fraction of sp³-hybridized carbons (Fsp3) is 0.462. The van der Waals surface area contributed by atoms with E-state index in [1.807, 2.05) is 11.9 Å². The quantitative estimate of drug-likeness (QED) is 0.731. The second-order valence-corrected chi connectivity index (χ2v) is 6.68. The number of esters is 1. The van der Waals surface area contributed by atoms with Crippen LogP contribution in [0.3, 0.4) is 0 Å². The van der Waals surface area contributed by atoms with Gasteiger partial charge in [0.15, 0.2) is 0 Å². The van der Waals surface area contributed by atoms with Gasteiger partial charge in [0.05, 0.1) is 18.4 Å². The van der Waals surface area contributed by atoms with Gasteiger partial charge in [-0.1, -0.05) is 0 Å². The van der Waals surface area contributed by atoms with Crippen LogP contribution in [0.2, 0.25) is 0 Å². The van der Waals surface area contributed by atoms with Crippen LogP contribution in [0.15, 0.2) is 29.2 Å². The van der Waals surface area contributed by atoms with Gasteiger partial charge in [-0.25, -0.2) is 12.7 Å². The normalized spacial score (nSPS) is 11.4. The van der Waals surface area contributed by atoms with E-state index in [0.717, 1.165) is 5.69 Å². The zero-order valence-electron chi connectivity index (χ0n) is 12.2. The summed E-state index contributed by atoms with van der Waals surface area (Å²) in [6.45, 7) is 0.506. The Hall–Kier alpha value is -1.60. The molecule has 0 radical (unpaired) electrons. The van der Waals surface area contributed by atoms with Crippen molar-refractivity contribution < 1.29 is 17.9 Å². The molecule has 0 aliphatic heterocycles. The summed E-state index contributed by atoms with van der Waals surface area (Å²) >= 11 is 0. The fourth-order valence-corrected chi connectivity index (χ4v) is 2.48. The highest BCUT2D eigenvalue weighted by Gasteiger charge is 2.17. The molecule has 0 amide bonds. The first-order chi connectivity index (χ1) is 9.28. The summed E-state index contributed by atoms with van der Waals surface area (Å²) in [4.78, 5) is 13.2. The number of benzene rings is 1. The first-order valence-electron chi connectivity index (χ1n) is 6.09. The Morgan fingerprint density at radius 1 is 1.15 bits per heavy atom. The molecular weight excluding hydrogens is 280 g/mol. The lowest BCUT2D eigenvalue weighted by Crippen LogP contribution is -2.23. The maximum Gasteiger partial charge on any atom is 0.307 e. The van der Waals surface area contributed by atoms with E-state index in [9.17, 15) is 13.2 Å². The van der Waals surface area contributed by atoms with E-state index < -0.39 is 10.0 Å². The van der Waals surface area contributed by atoms with Crippen molar-refractivity contribution in [1.29, 1.82) is 0 Å². The molecule has 1 aromatic rings. The molecule has 0 saturated carbocycles. The van der Waals surface area contributed by atoms with Gasteiger partial charge in [0.25, 0.3) is 0 Å². The molecule has 6 nitrogen and oxygen atoms in total. The Balaban J connectivity index is 2.79. The predicted octanol–water partition coefficient (Wildman–Crippen LogP) is 0.936. The first-order valence-corrected chi connectivity index (χ1v) is 7.53. The van der Waals surface area contributed by atoms with Crippen LogP contribution in [0.4, 0.5) is 5.69 Å². The lowest BCUT2D eigenvalue weighted by molar-refractivity contribution is -0.140. The number of methoxy groups -OCH3 is 1. The average molecular weight is 300 g/mol. The molecule has 0 bridgehead atoms. The molecule has 20 heavy (non-hydrogen) atoms. The van der Waals surface area contributed by atoms with Crippen molar-refractivity contribution in [2.24, 2.45) is 0 Å². The minimum atomic E-state index is -3.41. The van der Waals surface area contributed by atoms with Gasteiger partial charge in [0.1, 0.15) is 0 Å². The van der Waals surface area contributed by atoms with Gasteiger partial charge in [-0.3, -0.25) is 4.79 Å². The van der Waals surface area contributed by atoms with Crippen LogP contribution in [0.25, 0.3) is 0 Å². The Morgan fingerprint density at radius 2 is 1.70 bits per heavy atom. The molecule has 112 valence electrons. The molecule has 0 aliphatic carbocycles. The largest absolute Gasteiger partial charge is 0.469 e. The average Bonchev–Trinajstić information content (AvgIpc) is 2.44. The highest BCUT2D eigenvalue weighted by molar-refractivity contribution is 7.89. The van der Waals surface area contributed by atoms with Crippen LogP contribution in [-0.4, -0.2) is 53.5 Å². The molecule has 0 heterocycles. The molecule has 1 rings (SSSR count). The lowest BCUT2D eigenvalue weighted by Gasteiger charge is -2.19. The van der Waals surface area contributed by atoms with Crippen molar-refractivity contribution >= 4 is 21.7 Å². The smallest absolute Gasteiger partial charge is 0.307 e. The van der Waals surface area contributed by atoms with E-state index in [0.29, 0.717) is 6.54 Å². The molecule has 0 unspecified atom stereocenters. The second-order valence-electron chi connectivity index (χ2n) is 4.53. The lowest BCUT2D eigenvalue weighted by atomic mass is 10.3. The SMILES string of the molecule is COC(=O)CCN(C)c1ccc(S(=O)(=O)N(C)C)cc1. The Labute approximate surface area is 120 Å². The third-order valence-corrected chi connectivity index (χ3v) is 4.76. The highest BCUT2D eigenvalue weighted by atomic mass is 32.2. The van der Waals surface area contributed by atoms with Crippen molar-refractivity contribution in [1.82, 2.24) is 4.31 Å². The van der Waals surface area contributed by atoms with Crippen LogP contribution in [0, 0.1) is 0 Å². The minimum Gasteiger partial charge on any atom is -0.469 e. The van der Waals surface area contributed by atoms with Gasteiger partial charge in [-0.2, -0.15) is 0 Å². The molecule has 0 aromatic heterocycles. The number of hydrogen-bond donors (Lipinski definition) is 0. The first kappa shape index (κ1) is 16.5. The fourth-order valence-electron chi connectivity index (χ4n) is 1.57. The summed E-state index contributed by atoms with van der Waals surface area (Å²) in [6, 6.07) is 6.54. The minimum absolute atomic E-state index is 0.243. The Morgan fingerprint density at radius 3 is 2.15 bits per heavy atom. The van der Waals surface area contributed by atoms with Gasteiger partial charge < -0.3 is 9.64 Å². The van der Waals surface area contributed by atoms with Crippen molar-refractivity contribution in [3.63, 3.8) is 0 Å². The molecule has 1 aromatic carbocycles. The topological polar surface area (TPSA) is 66.9 Å². The monoisotopic (exact) mass is 300 g/mol. The van der Waals surface area contributed by atoms with E-state index in [1.54, 1.807) is 24.3 Å². The molecule has 0 spiro atoms. The van der Waals surface area contributed by atoms with Gasteiger partial charge >= 0.3 is 5.97 Å². The van der Waals surface area contributed by atoms with Crippen LogP contribution in [0.5, 0.6) is 0 Å². The van der Waals surface area contributed by atoms with Gasteiger partial charge in [0.2, 0.25) is 10.0 Å². The second kappa shape index (κ2) is 6.71. The van der Waals surface area contributed by atoms with Crippen LogP contribution >= 0.6 is 0 Å². The highest BCUT2D eigenvalue weighted by Crippen LogP contribution is 2.19. The van der Waals surface area contributed by atoms with Gasteiger partial charge in [-0.15, -0.1) is 0 Å². The third kappa shape index (κ3) is 3.94. The van der Waals surface area contributed by atoms with Crippen LogP contribution < -0.4 is 4.90 Å². The van der Waals surface area contributed by atoms with Crippen molar-refractivity contribution in [3.05, 3.63) is 24.3 Å². The van der Waals surface area contributed by atoms with Crippen LogP contribution in [0.1, 0.15) is 6.42 Å². The van der Waals surface area contributed by atoms with E-state index >= 15 is 0 Å². The Kier molecular flexibility index (Phi) is 5.52. The number of carbonyl (C=O) groups is 1. The maximum atomic E-state index is 11.9. The van der Waals surface area contributed by atoms with Gasteiger partial charge in [-0.05, 0) is 24.3 Å². The van der Waals surface area contributed by atoms with Crippen LogP contribution in [-0.2, 0) is 19.6 Å². The zero-order valence-corrected chi connectivity index (χ0v) is 13.0. The summed E-state index contributed by atoms with van der Waals surface area (Å²) in [5.41, 5.74) is 0.839. The Bertz CT molecular complexity index is 552. The summed E-state index contributed by atoms with van der Waals surface area (Å²) in [6.07, 6.45) is 0.282. The summed E-state index contributed by atoms with van der Waals surface area (Å²) in [7, 11) is 2.76. The maximum absolute atomic E-state index is 11.9. The molecule has 7 heteroatoms. The number of ether oxygens (including phenoxy) is 1. The van der Waals surface area contributed by atoms with Crippen molar-refractivity contribution in [3.8, 4) is 0 Å². The predicted molar refractivity (Wildman–Crippen MR) is 77.2 cm³/mol. The zero-order chi connectivity index (χ0) is 15.3. The van der Waals surface area contributed by atoms with Crippen molar-refractivity contribution in [2.75, 3.05) is 39.7 Å². The number of sulfonamides is 1. The number of anilines is 1. The number of nitrogens with zero attached hydrogens (tertiary/aromatic N) is 2. The number of rotatable bonds is 6. The molecule has 0 fully saturated rings. The third-order valence-electron chi connectivity index (χ3n) is 2.94. The summed E-state index contributed by atoms with van der Waals surface area (Å²) in [5.74, 6) is -0.274. The molecule has 0 aliphatic rings. The summed E-state index contributed by atoms with van der Waals surface area (Å²) < 4.78 is 29.6. The van der Waals surface area contributed by atoms with Crippen molar-refractivity contribution in [2.45, 2.75) is 11.3 Å². The number of hydrogen-bond acceptors (Lipinski definition) is 5. The molecule has 0 N–H and O–H groups in total. The summed E-state index contributed by atoms with van der Waals surface area (Å²) in [5, 5.41) is 0. The van der Waals surface area contributed by atoms with E-state index in [4.69, 9.17) is 0 Å². The molecule has 0 saturated heterocycles.